The average molecular weight is 332 g/mol. The first kappa shape index (κ1) is 18.5. The topological polar surface area (TPSA) is 58.6 Å². The van der Waals surface area contributed by atoms with E-state index < -0.39 is 0 Å². The summed E-state index contributed by atoms with van der Waals surface area (Å²) in [5.74, 6) is 0.791. The van der Waals surface area contributed by atoms with Crippen LogP contribution in [0.2, 0.25) is 0 Å². The summed E-state index contributed by atoms with van der Waals surface area (Å²) in [6.07, 6.45) is 3.19. The first-order chi connectivity index (χ1) is 11.1. The van der Waals surface area contributed by atoms with Gasteiger partial charge >= 0.3 is 0 Å². The number of quaternary nitrogens is 1. The molecule has 1 aliphatic rings. The number of nitrogens with zero attached hydrogens (tertiary/aromatic N) is 4. The van der Waals surface area contributed by atoms with Gasteiger partial charge in [-0.25, -0.2) is 4.52 Å². The van der Waals surface area contributed by atoms with Crippen molar-refractivity contribution in [2.24, 2.45) is 0 Å². The quantitative estimate of drug-likeness (QED) is 0.627. The molecule has 6 nitrogen and oxygen atoms in total. The van der Waals surface area contributed by atoms with Crippen LogP contribution in [-0.4, -0.2) is 71.9 Å². The van der Waals surface area contributed by atoms with E-state index in [1.165, 1.54) is 43.6 Å². The van der Waals surface area contributed by atoms with E-state index in [0.717, 1.165) is 30.1 Å². The predicted molar refractivity (Wildman–Crippen MR) is 102 cm³/mol. The van der Waals surface area contributed by atoms with Gasteiger partial charge in [0.25, 0.3) is 0 Å². The van der Waals surface area contributed by atoms with Gasteiger partial charge in [-0.3, -0.25) is 4.90 Å². The largest absolute Gasteiger partial charge is 0.394 e. The molecule has 0 aliphatic carbocycles. The van der Waals surface area contributed by atoms with E-state index in [1.807, 2.05) is 28.9 Å². The van der Waals surface area contributed by atoms with Crippen LogP contribution in [0.15, 0.2) is 24.4 Å². The van der Waals surface area contributed by atoms with E-state index >= 15 is 0 Å². The maximum atomic E-state index is 6.17. The molecule has 0 spiro atoms. The number of nitrogen functional groups attached to an aromatic ring is 1. The number of nitrogens with one attached hydrogen (secondary N) is 1. The van der Waals surface area contributed by atoms with E-state index in [2.05, 4.69) is 29.3 Å². The average Bonchev–Trinajstić information content (AvgIpc) is 2.87. The first-order valence-corrected chi connectivity index (χ1v) is 8.64. The van der Waals surface area contributed by atoms with Gasteiger partial charge in [0.15, 0.2) is 5.82 Å². The van der Waals surface area contributed by atoms with Gasteiger partial charge < -0.3 is 23.0 Å². The Labute approximate surface area is 145 Å². The van der Waals surface area contributed by atoms with Gasteiger partial charge in [-0.05, 0) is 18.6 Å². The van der Waals surface area contributed by atoms with Crippen LogP contribution in [0.1, 0.15) is 13.3 Å². The standard InChI is InChI=1S/C17H29N6.CH3/c1-3-12-23(2)13-10-21(11-14-23)9-7-19-17-16(18)15-6-4-5-8-22(15)20-17;/h4-6,8H,3,7,9-14,18H2,1-2H3,(H,19,20);1H3/q+1;-1. The third-order valence-corrected chi connectivity index (χ3v) is 4.97. The number of likely N-dealkylation sites (N-methyl/N-ethyl adjacent to an activating group) is 1. The monoisotopic (exact) mass is 332 g/mol. The van der Waals surface area contributed by atoms with E-state index in [1.54, 1.807) is 0 Å². The van der Waals surface area contributed by atoms with Gasteiger partial charge in [0.1, 0.15) is 5.69 Å². The highest BCUT2D eigenvalue weighted by molar-refractivity contribution is 5.80. The molecule has 0 bridgehead atoms. The third-order valence-electron chi connectivity index (χ3n) is 4.97. The number of rotatable bonds is 6. The van der Waals surface area contributed by atoms with Crippen molar-refractivity contribution in [3.63, 3.8) is 0 Å². The summed E-state index contributed by atoms with van der Waals surface area (Å²) < 4.78 is 3.05. The Balaban J connectivity index is 0.00000208. The number of pyridine rings is 1. The number of piperazine rings is 1. The SMILES string of the molecule is CCC[N+]1(C)CCN(CCNc2nn3ccccc3c2N)CC1.[CH3-]. The minimum Gasteiger partial charge on any atom is -0.394 e. The molecule has 2 aromatic heterocycles. The minimum atomic E-state index is 0. The summed E-state index contributed by atoms with van der Waals surface area (Å²) in [5, 5.41) is 7.89. The molecular formula is C18H32N6. The van der Waals surface area contributed by atoms with Gasteiger partial charge in [0.05, 0.1) is 32.2 Å². The summed E-state index contributed by atoms with van der Waals surface area (Å²) in [7, 11) is 2.39. The number of nitrogens with two attached hydrogens (primary N) is 1. The molecule has 0 atom stereocenters. The van der Waals surface area contributed by atoms with Crippen LogP contribution in [0.4, 0.5) is 11.5 Å². The predicted octanol–water partition coefficient (Wildman–Crippen LogP) is 1.95. The maximum absolute atomic E-state index is 6.17. The molecule has 6 heteroatoms. The molecule has 0 amide bonds. The highest BCUT2D eigenvalue weighted by Gasteiger charge is 2.27. The lowest BCUT2D eigenvalue weighted by Gasteiger charge is -2.42. The minimum absolute atomic E-state index is 0. The summed E-state index contributed by atoms with van der Waals surface area (Å²) in [5.41, 5.74) is 7.86. The Kier molecular flexibility index (Phi) is 6.07. The number of aromatic nitrogens is 2. The van der Waals surface area contributed by atoms with Crippen LogP contribution < -0.4 is 11.1 Å². The number of hydrogen-bond donors (Lipinski definition) is 2. The fourth-order valence-corrected chi connectivity index (χ4v) is 3.46. The second kappa shape index (κ2) is 7.85. The molecule has 1 saturated heterocycles. The molecule has 0 unspecified atom stereocenters. The Hall–Kier alpha value is -1.79. The Morgan fingerprint density at radius 1 is 1.29 bits per heavy atom. The second-order valence-electron chi connectivity index (χ2n) is 6.85. The highest BCUT2D eigenvalue weighted by atomic mass is 15.4. The number of anilines is 2. The fourth-order valence-electron chi connectivity index (χ4n) is 3.46. The van der Waals surface area contributed by atoms with Crippen LogP contribution in [0.25, 0.3) is 5.52 Å². The highest BCUT2D eigenvalue weighted by Crippen LogP contribution is 2.22. The van der Waals surface area contributed by atoms with Crippen LogP contribution >= 0.6 is 0 Å². The Morgan fingerprint density at radius 3 is 2.71 bits per heavy atom. The van der Waals surface area contributed by atoms with Crippen molar-refractivity contribution < 1.29 is 4.48 Å². The molecule has 134 valence electrons. The van der Waals surface area contributed by atoms with Gasteiger partial charge in [0, 0.05) is 32.4 Å². The van der Waals surface area contributed by atoms with Gasteiger partial charge in [-0.15, -0.1) is 5.10 Å². The lowest BCUT2D eigenvalue weighted by Crippen LogP contribution is -2.57. The molecule has 1 fully saturated rings. The molecular weight excluding hydrogens is 300 g/mol. The molecule has 3 N–H and O–H groups in total. The summed E-state index contributed by atoms with van der Waals surface area (Å²) in [6.45, 7) is 10.4. The van der Waals surface area contributed by atoms with Crippen LogP contribution in [-0.2, 0) is 0 Å². The van der Waals surface area contributed by atoms with Gasteiger partial charge in [-0.1, -0.05) is 13.0 Å². The summed E-state index contributed by atoms with van der Waals surface area (Å²) >= 11 is 0. The van der Waals surface area contributed by atoms with Crippen LogP contribution in [0.3, 0.4) is 0 Å². The van der Waals surface area contributed by atoms with Gasteiger partial charge in [0.2, 0.25) is 0 Å². The lowest BCUT2D eigenvalue weighted by atomic mass is 10.2. The third kappa shape index (κ3) is 3.99. The molecule has 0 aromatic carbocycles. The zero-order valence-corrected chi connectivity index (χ0v) is 15.3. The maximum Gasteiger partial charge on any atom is 0.172 e. The van der Waals surface area contributed by atoms with Crippen molar-refractivity contribution in [3.8, 4) is 0 Å². The van der Waals surface area contributed by atoms with Crippen molar-refractivity contribution in [1.29, 1.82) is 0 Å². The first-order valence-electron chi connectivity index (χ1n) is 8.64. The molecule has 24 heavy (non-hydrogen) atoms. The zero-order chi connectivity index (χ0) is 16.3. The number of fused-ring (bicyclic) bond motifs is 1. The van der Waals surface area contributed by atoms with Gasteiger partial charge in [-0.2, -0.15) is 0 Å². The molecule has 1 aliphatic heterocycles. The van der Waals surface area contributed by atoms with Crippen molar-refractivity contribution >= 4 is 17.0 Å². The summed E-state index contributed by atoms with van der Waals surface area (Å²) in [4.78, 5) is 2.54. The van der Waals surface area contributed by atoms with Crippen LogP contribution in [0.5, 0.6) is 0 Å². The zero-order valence-electron chi connectivity index (χ0n) is 15.3. The Bertz CT molecular complexity index is 642. The number of hydrogen-bond acceptors (Lipinski definition) is 4. The Morgan fingerprint density at radius 2 is 2.04 bits per heavy atom. The fraction of sp³-hybridized carbons (Fsp3) is 0.556. The van der Waals surface area contributed by atoms with Crippen LogP contribution in [0, 0.1) is 7.43 Å². The van der Waals surface area contributed by atoms with E-state index in [9.17, 15) is 0 Å². The molecule has 3 rings (SSSR count). The van der Waals surface area contributed by atoms with E-state index in [-0.39, 0.29) is 7.43 Å². The van der Waals surface area contributed by atoms with Crippen molar-refractivity contribution in [1.82, 2.24) is 14.5 Å². The summed E-state index contributed by atoms with van der Waals surface area (Å²) in [6, 6.07) is 5.93. The molecule has 0 radical (unpaired) electrons. The second-order valence-corrected chi connectivity index (χ2v) is 6.85. The van der Waals surface area contributed by atoms with E-state index in [0.29, 0.717) is 0 Å². The van der Waals surface area contributed by atoms with E-state index in [4.69, 9.17) is 5.73 Å². The molecule has 3 heterocycles. The van der Waals surface area contributed by atoms with Crippen molar-refractivity contribution in [2.75, 3.05) is 63.9 Å². The molecule has 2 aromatic rings. The lowest BCUT2D eigenvalue weighted by molar-refractivity contribution is -0.913. The van der Waals surface area contributed by atoms with Crippen molar-refractivity contribution in [2.45, 2.75) is 13.3 Å². The smallest absolute Gasteiger partial charge is 0.172 e. The molecule has 0 saturated carbocycles. The van der Waals surface area contributed by atoms with Crippen molar-refractivity contribution in [3.05, 3.63) is 31.8 Å². The normalized spacial score (nSPS) is 17.6.